The van der Waals surface area contributed by atoms with Crippen LogP contribution in [0.1, 0.15) is 5.56 Å². The maximum Gasteiger partial charge on any atom is 0.274 e. The zero-order valence-electron chi connectivity index (χ0n) is 15.4. The molecule has 1 aliphatic rings. The minimum Gasteiger partial charge on any atom is -0.497 e. The van der Waals surface area contributed by atoms with E-state index in [9.17, 15) is 13.2 Å². The Balaban J connectivity index is 1.58. The molecule has 0 aliphatic carbocycles. The molecule has 1 N–H and O–H groups in total. The van der Waals surface area contributed by atoms with Crippen LogP contribution in [0.2, 0.25) is 0 Å². The molecule has 1 amide bonds. The van der Waals surface area contributed by atoms with E-state index >= 15 is 0 Å². The van der Waals surface area contributed by atoms with E-state index in [2.05, 4.69) is 5.48 Å². The smallest absolute Gasteiger partial charge is 0.274 e. The number of amides is 1. The first kappa shape index (κ1) is 20.3. The third-order valence-corrected chi connectivity index (χ3v) is 6.15. The second-order valence-electron chi connectivity index (χ2n) is 6.14. The van der Waals surface area contributed by atoms with Gasteiger partial charge in [0.25, 0.3) is 5.91 Å². The minimum absolute atomic E-state index is 0.0884. The summed E-state index contributed by atoms with van der Waals surface area (Å²) in [7, 11) is -2.23. The van der Waals surface area contributed by atoms with Crippen LogP contribution in [0.5, 0.6) is 5.75 Å². The second-order valence-corrected chi connectivity index (χ2v) is 8.08. The number of sulfonamides is 1. The Morgan fingerprint density at radius 3 is 2.57 bits per heavy atom. The normalized spacial score (nSPS) is 17.8. The van der Waals surface area contributed by atoms with Crippen LogP contribution < -0.4 is 10.2 Å². The Kier molecular flexibility index (Phi) is 6.63. The SMILES string of the molecule is COc1ccc(S(=O)(=O)N2CCOC(C(=O)NOCc3ccccc3)C2)cc1. The quantitative estimate of drug-likeness (QED) is 0.698. The van der Waals surface area contributed by atoms with E-state index < -0.39 is 22.0 Å². The molecular formula is C19H22N2O6S. The monoisotopic (exact) mass is 406 g/mol. The summed E-state index contributed by atoms with van der Waals surface area (Å²) < 4.78 is 37.3. The number of carbonyl (C=O) groups excluding carboxylic acids is 1. The summed E-state index contributed by atoms with van der Waals surface area (Å²) in [6, 6.07) is 15.5. The molecule has 1 atom stereocenters. The summed E-state index contributed by atoms with van der Waals surface area (Å²) in [5.41, 5.74) is 3.22. The molecule has 0 saturated carbocycles. The Hall–Kier alpha value is -2.46. The highest BCUT2D eigenvalue weighted by Crippen LogP contribution is 2.21. The van der Waals surface area contributed by atoms with Crippen molar-refractivity contribution in [2.45, 2.75) is 17.6 Å². The van der Waals surface area contributed by atoms with E-state index in [-0.39, 0.29) is 31.2 Å². The van der Waals surface area contributed by atoms with Crippen LogP contribution in [0.25, 0.3) is 0 Å². The Labute approximate surface area is 164 Å². The number of ether oxygens (including phenoxy) is 2. The summed E-state index contributed by atoms with van der Waals surface area (Å²) in [4.78, 5) is 17.6. The summed E-state index contributed by atoms with van der Waals surface area (Å²) in [6.45, 7) is 0.400. The molecule has 0 radical (unpaired) electrons. The van der Waals surface area contributed by atoms with Crippen LogP contribution in [-0.2, 0) is 31.0 Å². The summed E-state index contributed by atoms with van der Waals surface area (Å²) in [6.07, 6.45) is -0.947. The van der Waals surface area contributed by atoms with Crippen molar-refractivity contribution in [1.82, 2.24) is 9.79 Å². The molecule has 1 saturated heterocycles. The Bertz CT molecular complexity index is 886. The first-order valence-corrected chi connectivity index (χ1v) is 10.2. The lowest BCUT2D eigenvalue weighted by molar-refractivity contribution is -0.150. The van der Waals surface area contributed by atoms with Gasteiger partial charge in [-0.05, 0) is 29.8 Å². The molecule has 1 fully saturated rings. The van der Waals surface area contributed by atoms with Gasteiger partial charge in [0.2, 0.25) is 10.0 Å². The van der Waals surface area contributed by atoms with E-state index in [4.69, 9.17) is 14.3 Å². The van der Waals surface area contributed by atoms with E-state index in [1.165, 1.54) is 23.5 Å². The number of hydrogen-bond acceptors (Lipinski definition) is 6. The van der Waals surface area contributed by atoms with Crippen molar-refractivity contribution in [2.24, 2.45) is 0 Å². The first-order valence-electron chi connectivity index (χ1n) is 8.72. The summed E-state index contributed by atoms with van der Waals surface area (Å²) in [5, 5.41) is 0. The van der Waals surface area contributed by atoms with Crippen LogP contribution in [-0.4, -0.2) is 51.5 Å². The molecule has 1 heterocycles. The predicted molar refractivity (Wildman–Crippen MR) is 101 cm³/mol. The fraction of sp³-hybridized carbons (Fsp3) is 0.316. The average Bonchev–Trinajstić information content (AvgIpc) is 2.74. The summed E-state index contributed by atoms with van der Waals surface area (Å²) in [5.74, 6) is 0.0410. The van der Waals surface area contributed by atoms with Crippen molar-refractivity contribution in [3.05, 3.63) is 60.2 Å². The maximum absolute atomic E-state index is 12.8. The van der Waals surface area contributed by atoms with Crippen LogP contribution in [0.3, 0.4) is 0 Å². The van der Waals surface area contributed by atoms with Gasteiger partial charge in [0.1, 0.15) is 5.75 Å². The molecule has 8 nitrogen and oxygen atoms in total. The number of hydroxylamine groups is 1. The topological polar surface area (TPSA) is 94.2 Å². The molecular weight excluding hydrogens is 384 g/mol. The van der Waals surface area contributed by atoms with Crippen molar-refractivity contribution in [1.29, 1.82) is 0 Å². The van der Waals surface area contributed by atoms with Gasteiger partial charge in [0.05, 0.1) is 25.2 Å². The lowest BCUT2D eigenvalue weighted by atomic mass is 10.2. The molecule has 2 aromatic rings. The lowest BCUT2D eigenvalue weighted by Gasteiger charge is -2.31. The van der Waals surface area contributed by atoms with E-state index in [1.54, 1.807) is 12.1 Å². The van der Waals surface area contributed by atoms with Crippen LogP contribution in [0.15, 0.2) is 59.5 Å². The molecule has 0 bridgehead atoms. The van der Waals surface area contributed by atoms with Crippen molar-refractivity contribution in [3.8, 4) is 5.75 Å². The fourth-order valence-corrected chi connectivity index (χ4v) is 4.15. The number of methoxy groups -OCH3 is 1. The van der Waals surface area contributed by atoms with Gasteiger partial charge in [-0.1, -0.05) is 30.3 Å². The van der Waals surface area contributed by atoms with Gasteiger partial charge in [0, 0.05) is 13.1 Å². The largest absolute Gasteiger partial charge is 0.497 e. The fourth-order valence-electron chi connectivity index (χ4n) is 2.73. The van der Waals surface area contributed by atoms with Crippen LogP contribution >= 0.6 is 0 Å². The highest BCUT2D eigenvalue weighted by atomic mass is 32.2. The number of hydrogen-bond donors (Lipinski definition) is 1. The van der Waals surface area contributed by atoms with Gasteiger partial charge in [-0.25, -0.2) is 13.9 Å². The van der Waals surface area contributed by atoms with Gasteiger partial charge in [0.15, 0.2) is 6.10 Å². The Morgan fingerprint density at radius 1 is 1.18 bits per heavy atom. The van der Waals surface area contributed by atoms with Crippen LogP contribution in [0, 0.1) is 0 Å². The van der Waals surface area contributed by atoms with E-state index in [0.29, 0.717) is 5.75 Å². The van der Waals surface area contributed by atoms with Crippen LogP contribution in [0.4, 0.5) is 0 Å². The molecule has 28 heavy (non-hydrogen) atoms. The third kappa shape index (κ3) is 4.87. The van der Waals surface area contributed by atoms with Gasteiger partial charge in [-0.15, -0.1) is 0 Å². The minimum atomic E-state index is -3.74. The zero-order chi connectivity index (χ0) is 20.0. The molecule has 0 aromatic heterocycles. The van der Waals surface area contributed by atoms with Gasteiger partial charge < -0.3 is 9.47 Å². The molecule has 3 rings (SSSR count). The standard InChI is InChI=1S/C19H22N2O6S/c1-25-16-7-9-17(10-8-16)28(23,24)21-11-12-26-18(13-21)19(22)20-27-14-15-5-3-2-4-6-15/h2-10,18H,11-14H2,1H3,(H,20,22). The highest BCUT2D eigenvalue weighted by Gasteiger charge is 2.34. The van der Waals surface area contributed by atoms with Crippen molar-refractivity contribution in [3.63, 3.8) is 0 Å². The number of morpholine rings is 1. The molecule has 0 spiro atoms. The first-order chi connectivity index (χ1) is 13.5. The zero-order valence-corrected chi connectivity index (χ0v) is 16.2. The van der Waals surface area contributed by atoms with Crippen molar-refractivity contribution >= 4 is 15.9 Å². The second kappa shape index (κ2) is 9.16. The third-order valence-electron chi connectivity index (χ3n) is 4.27. The molecule has 1 unspecified atom stereocenters. The number of carbonyl (C=O) groups is 1. The Morgan fingerprint density at radius 2 is 1.89 bits per heavy atom. The number of nitrogens with one attached hydrogen (secondary N) is 1. The lowest BCUT2D eigenvalue weighted by Crippen LogP contribution is -2.51. The number of benzene rings is 2. The number of nitrogens with zero attached hydrogens (tertiary/aromatic N) is 1. The predicted octanol–water partition coefficient (Wildman–Crippen LogP) is 1.33. The van der Waals surface area contributed by atoms with Crippen molar-refractivity contribution in [2.75, 3.05) is 26.8 Å². The van der Waals surface area contributed by atoms with Gasteiger partial charge in [-0.2, -0.15) is 4.31 Å². The molecule has 2 aromatic carbocycles. The maximum atomic E-state index is 12.8. The molecule has 150 valence electrons. The van der Waals surface area contributed by atoms with Gasteiger partial charge in [-0.3, -0.25) is 9.63 Å². The van der Waals surface area contributed by atoms with Gasteiger partial charge >= 0.3 is 0 Å². The summed E-state index contributed by atoms with van der Waals surface area (Å²) >= 11 is 0. The van der Waals surface area contributed by atoms with E-state index in [1.807, 2.05) is 30.3 Å². The number of rotatable bonds is 7. The average molecular weight is 406 g/mol. The van der Waals surface area contributed by atoms with E-state index in [0.717, 1.165) is 5.56 Å². The van der Waals surface area contributed by atoms with Crippen molar-refractivity contribution < 1.29 is 27.5 Å². The molecule has 1 aliphatic heterocycles. The molecule has 9 heteroatoms. The highest BCUT2D eigenvalue weighted by molar-refractivity contribution is 7.89.